The van der Waals surface area contributed by atoms with Crippen LogP contribution in [0.2, 0.25) is 0 Å². The van der Waals surface area contributed by atoms with Crippen LogP contribution in [-0.4, -0.2) is 35.6 Å². The van der Waals surface area contributed by atoms with Crippen LogP contribution in [0.3, 0.4) is 0 Å². The quantitative estimate of drug-likeness (QED) is 0.860. The summed E-state index contributed by atoms with van der Waals surface area (Å²) in [7, 11) is -1.89. The molecule has 6 nitrogen and oxygen atoms in total. The molecule has 0 atom stereocenters. The molecule has 0 aromatic carbocycles. The van der Waals surface area contributed by atoms with Gasteiger partial charge in [-0.3, -0.25) is 4.68 Å². The minimum Gasteiger partial charge on any atom is -0.381 e. The number of hydrogen-bond acceptors (Lipinski definition) is 4. The third kappa shape index (κ3) is 2.98. The average molecular weight is 300 g/mol. The van der Waals surface area contributed by atoms with E-state index < -0.39 is 10.0 Å². The van der Waals surface area contributed by atoms with E-state index in [2.05, 4.69) is 5.10 Å². The van der Waals surface area contributed by atoms with Gasteiger partial charge < -0.3 is 5.73 Å². The molecule has 1 heterocycles. The van der Waals surface area contributed by atoms with Gasteiger partial charge in [-0.05, 0) is 19.8 Å². The molecule has 2 rings (SSSR count). The van der Waals surface area contributed by atoms with Crippen LogP contribution in [0.25, 0.3) is 0 Å². The van der Waals surface area contributed by atoms with Crippen molar-refractivity contribution in [1.82, 2.24) is 14.1 Å². The zero-order valence-corrected chi connectivity index (χ0v) is 13.1. The molecular formula is C13H24N4O2S. The van der Waals surface area contributed by atoms with Gasteiger partial charge in [-0.1, -0.05) is 25.7 Å². The van der Waals surface area contributed by atoms with Gasteiger partial charge in [0.25, 0.3) is 0 Å². The highest BCUT2D eigenvalue weighted by Gasteiger charge is 2.31. The maximum Gasteiger partial charge on any atom is 0.248 e. The SMILES string of the molecule is CCn1cc(S(=O)(=O)N(C)C2CCCCCC2)c(N)n1. The van der Waals surface area contributed by atoms with Gasteiger partial charge in [0.15, 0.2) is 5.82 Å². The van der Waals surface area contributed by atoms with Gasteiger partial charge in [-0.15, -0.1) is 0 Å². The molecule has 1 aromatic rings. The predicted octanol–water partition coefficient (Wildman–Crippen LogP) is 1.83. The largest absolute Gasteiger partial charge is 0.381 e. The maximum absolute atomic E-state index is 12.7. The average Bonchev–Trinajstić information content (AvgIpc) is 2.64. The zero-order chi connectivity index (χ0) is 14.8. The summed E-state index contributed by atoms with van der Waals surface area (Å²) in [5.74, 6) is 0.0901. The molecule has 1 saturated carbocycles. The fraction of sp³-hybridized carbons (Fsp3) is 0.769. The molecule has 7 heteroatoms. The van der Waals surface area contributed by atoms with Crippen molar-refractivity contribution in [2.24, 2.45) is 0 Å². The first-order valence-electron chi connectivity index (χ1n) is 7.27. The lowest BCUT2D eigenvalue weighted by Gasteiger charge is -2.26. The number of aryl methyl sites for hydroxylation is 1. The Morgan fingerprint density at radius 3 is 2.45 bits per heavy atom. The highest BCUT2D eigenvalue weighted by molar-refractivity contribution is 7.89. The summed E-state index contributed by atoms with van der Waals surface area (Å²) < 4.78 is 28.4. The van der Waals surface area contributed by atoms with E-state index in [0.29, 0.717) is 6.54 Å². The molecule has 1 aliphatic rings. The molecular weight excluding hydrogens is 276 g/mol. The molecule has 0 bridgehead atoms. The van der Waals surface area contributed by atoms with Crippen LogP contribution in [0.15, 0.2) is 11.1 Å². The fourth-order valence-corrected chi connectivity index (χ4v) is 4.23. The minimum atomic E-state index is -3.55. The van der Waals surface area contributed by atoms with Gasteiger partial charge in [0.1, 0.15) is 4.90 Å². The van der Waals surface area contributed by atoms with Crippen LogP contribution in [0.1, 0.15) is 45.4 Å². The van der Waals surface area contributed by atoms with Crippen molar-refractivity contribution >= 4 is 15.8 Å². The van der Waals surface area contributed by atoms with Gasteiger partial charge in [0.05, 0.1) is 0 Å². The highest BCUT2D eigenvalue weighted by atomic mass is 32.2. The highest BCUT2D eigenvalue weighted by Crippen LogP contribution is 2.27. The smallest absolute Gasteiger partial charge is 0.248 e. The monoisotopic (exact) mass is 300 g/mol. The first-order chi connectivity index (χ1) is 9.46. The summed E-state index contributed by atoms with van der Waals surface area (Å²) in [5, 5.41) is 4.03. The van der Waals surface area contributed by atoms with Gasteiger partial charge in [-0.25, -0.2) is 8.42 Å². The third-order valence-electron chi connectivity index (χ3n) is 4.07. The number of sulfonamides is 1. The Morgan fingerprint density at radius 1 is 1.35 bits per heavy atom. The lowest BCUT2D eigenvalue weighted by Crippen LogP contribution is -2.36. The number of nitrogens with zero attached hydrogens (tertiary/aromatic N) is 3. The molecule has 0 spiro atoms. The van der Waals surface area contributed by atoms with Crippen molar-refractivity contribution in [2.45, 2.75) is 62.9 Å². The predicted molar refractivity (Wildman–Crippen MR) is 78.8 cm³/mol. The number of aromatic nitrogens is 2. The zero-order valence-electron chi connectivity index (χ0n) is 12.2. The Bertz CT molecular complexity index is 545. The van der Waals surface area contributed by atoms with E-state index in [0.717, 1.165) is 25.7 Å². The van der Waals surface area contributed by atoms with Crippen LogP contribution in [0, 0.1) is 0 Å². The second-order valence-electron chi connectivity index (χ2n) is 5.40. The van der Waals surface area contributed by atoms with E-state index in [1.54, 1.807) is 11.7 Å². The van der Waals surface area contributed by atoms with E-state index in [9.17, 15) is 8.42 Å². The molecule has 2 N–H and O–H groups in total. The Hall–Kier alpha value is -1.08. The van der Waals surface area contributed by atoms with Gasteiger partial charge >= 0.3 is 0 Å². The van der Waals surface area contributed by atoms with E-state index in [1.807, 2.05) is 6.92 Å². The van der Waals surface area contributed by atoms with E-state index in [4.69, 9.17) is 5.73 Å². The van der Waals surface area contributed by atoms with Crippen molar-refractivity contribution in [2.75, 3.05) is 12.8 Å². The first kappa shape index (κ1) is 15.3. The second-order valence-corrected chi connectivity index (χ2v) is 7.37. The number of hydrogen-bond donors (Lipinski definition) is 1. The maximum atomic E-state index is 12.7. The van der Waals surface area contributed by atoms with Crippen molar-refractivity contribution in [3.63, 3.8) is 0 Å². The van der Waals surface area contributed by atoms with Crippen LogP contribution in [0.5, 0.6) is 0 Å². The Labute approximate surface area is 121 Å². The van der Waals surface area contributed by atoms with Crippen molar-refractivity contribution < 1.29 is 8.42 Å². The summed E-state index contributed by atoms with van der Waals surface area (Å²) in [4.78, 5) is 0.131. The molecule has 1 aromatic heterocycles. The molecule has 1 fully saturated rings. The molecule has 0 radical (unpaired) electrons. The topological polar surface area (TPSA) is 81.2 Å². The van der Waals surface area contributed by atoms with Crippen LogP contribution >= 0.6 is 0 Å². The Morgan fingerprint density at radius 2 is 1.95 bits per heavy atom. The Balaban J connectivity index is 2.25. The van der Waals surface area contributed by atoms with Gasteiger partial charge in [0, 0.05) is 25.8 Å². The Kier molecular flexibility index (Phi) is 4.70. The molecule has 0 aliphatic heterocycles. The van der Waals surface area contributed by atoms with E-state index >= 15 is 0 Å². The molecule has 0 amide bonds. The fourth-order valence-electron chi connectivity index (χ4n) is 2.75. The summed E-state index contributed by atoms with van der Waals surface area (Å²) in [6, 6.07) is 0.0758. The van der Waals surface area contributed by atoms with Crippen LogP contribution < -0.4 is 5.73 Å². The summed E-state index contributed by atoms with van der Waals surface area (Å²) in [6.45, 7) is 2.50. The number of nitrogen functional groups attached to an aromatic ring is 1. The first-order valence-corrected chi connectivity index (χ1v) is 8.71. The molecule has 114 valence electrons. The van der Waals surface area contributed by atoms with E-state index in [1.165, 1.54) is 23.3 Å². The van der Waals surface area contributed by atoms with Crippen molar-refractivity contribution in [1.29, 1.82) is 0 Å². The van der Waals surface area contributed by atoms with Gasteiger partial charge in [0.2, 0.25) is 10.0 Å². The normalized spacial score (nSPS) is 18.4. The molecule has 1 aliphatic carbocycles. The summed E-state index contributed by atoms with van der Waals surface area (Å²) in [6.07, 6.45) is 7.95. The molecule has 0 saturated heterocycles. The standard InChI is InChI=1S/C13H24N4O2S/c1-3-17-10-12(13(14)15-17)20(18,19)16(2)11-8-6-4-5-7-9-11/h10-11H,3-9H2,1-2H3,(H2,14,15). The van der Waals surface area contributed by atoms with Crippen LogP contribution in [0.4, 0.5) is 5.82 Å². The lowest BCUT2D eigenvalue weighted by molar-refractivity contribution is 0.336. The number of rotatable bonds is 4. The second kappa shape index (κ2) is 6.13. The minimum absolute atomic E-state index is 0.0758. The number of anilines is 1. The van der Waals surface area contributed by atoms with Crippen molar-refractivity contribution in [3.05, 3.63) is 6.20 Å². The van der Waals surface area contributed by atoms with Gasteiger partial charge in [-0.2, -0.15) is 9.40 Å². The van der Waals surface area contributed by atoms with Crippen molar-refractivity contribution in [3.8, 4) is 0 Å². The molecule has 20 heavy (non-hydrogen) atoms. The van der Waals surface area contributed by atoms with E-state index in [-0.39, 0.29) is 16.8 Å². The van der Waals surface area contributed by atoms with Crippen LogP contribution in [-0.2, 0) is 16.6 Å². The summed E-state index contributed by atoms with van der Waals surface area (Å²) >= 11 is 0. The summed E-state index contributed by atoms with van der Waals surface area (Å²) in [5.41, 5.74) is 5.76. The lowest BCUT2D eigenvalue weighted by atomic mass is 10.1. The third-order valence-corrected chi connectivity index (χ3v) is 6.00. The molecule has 0 unspecified atom stereocenters. The number of nitrogens with two attached hydrogens (primary N) is 1.